The summed E-state index contributed by atoms with van der Waals surface area (Å²) in [6.07, 6.45) is 7.00. The third-order valence-electron chi connectivity index (χ3n) is 6.90. The predicted molar refractivity (Wildman–Crippen MR) is 140 cm³/mol. The van der Waals surface area contributed by atoms with E-state index in [4.69, 9.17) is 0 Å². The van der Waals surface area contributed by atoms with Crippen LogP contribution in [0.3, 0.4) is 0 Å². The molecule has 0 spiro atoms. The van der Waals surface area contributed by atoms with Crippen LogP contribution in [0.15, 0.2) is 66.9 Å². The van der Waals surface area contributed by atoms with E-state index in [0.717, 1.165) is 55.9 Å². The minimum Gasteiger partial charge on any atom is -0.480 e. The Kier molecular flexibility index (Phi) is 7.35. The van der Waals surface area contributed by atoms with E-state index in [-0.39, 0.29) is 29.3 Å². The highest BCUT2D eigenvalue weighted by Crippen LogP contribution is 2.33. The molecule has 4 aromatic rings. The summed E-state index contributed by atoms with van der Waals surface area (Å²) < 4.78 is 30.6. The molecule has 0 radical (unpaired) electrons. The minimum atomic E-state index is -1.15. The van der Waals surface area contributed by atoms with E-state index in [1.807, 2.05) is 6.07 Å². The molecular weight excluding hydrogens is 490 g/mol. The van der Waals surface area contributed by atoms with Gasteiger partial charge in [0.2, 0.25) is 0 Å². The van der Waals surface area contributed by atoms with Crippen LogP contribution >= 0.6 is 0 Å². The number of pyridine rings is 1. The van der Waals surface area contributed by atoms with Crippen LogP contribution in [0.2, 0.25) is 0 Å². The zero-order chi connectivity index (χ0) is 26.6. The molecule has 1 saturated carbocycles. The van der Waals surface area contributed by atoms with Crippen molar-refractivity contribution in [2.45, 2.75) is 50.6 Å². The number of nitrogens with one attached hydrogen (secondary N) is 2. The second-order valence-electron chi connectivity index (χ2n) is 9.61. The summed E-state index contributed by atoms with van der Waals surface area (Å²) in [7, 11) is 0. The zero-order valence-electron chi connectivity index (χ0n) is 20.7. The van der Waals surface area contributed by atoms with E-state index < -0.39 is 29.6 Å². The Balaban J connectivity index is 1.48. The number of benzene rings is 2. The monoisotopic (exact) mass is 518 g/mol. The average molecular weight is 519 g/mol. The van der Waals surface area contributed by atoms with Crippen molar-refractivity contribution in [1.29, 1.82) is 0 Å². The third kappa shape index (κ3) is 5.51. The van der Waals surface area contributed by atoms with Crippen LogP contribution in [-0.2, 0) is 11.2 Å². The van der Waals surface area contributed by atoms with Crippen molar-refractivity contribution < 1.29 is 23.5 Å². The van der Waals surface area contributed by atoms with E-state index in [2.05, 4.69) is 15.6 Å². The van der Waals surface area contributed by atoms with Gasteiger partial charge in [-0.15, -0.1) is 0 Å². The fourth-order valence-electron chi connectivity index (χ4n) is 4.92. The van der Waals surface area contributed by atoms with Crippen molar-refractivity contribution in [2.75, 3.05) is 5.32 Å². The molecule has 38 heavy (non-hydrogen) atoms. The van der Waals surface area contributed by atoms with Gasteiger partial charge in [0.15, 0.2) is 0 Å². The molecule has 2 heterocycles. The Bertz CT molecular complexity index is 1470. The van der Waals surface area contributed by atoms with Crippen LogP contribution in [0.1, 0.15) is 48.0 Å². The van der Waals surface area contributed by atoms with Gasteiger partial charge in [-0.25, -0.2) is 18.6 Å². The van der Waals surface area contributed by atoms with Gasteiger partial charge in [-0.1, -0.05) is 49.6 Å². The molecule has 196 valence electrons. The standard InChI is InChI=1S/C29H28F2N4O3/c30-20-11-12-23(31)22(17-20)26-27(32-21-9-5-2-6-10-21)35-14-13-19(16-25(35)34-26)28(36)33-24(29(37)38)15-18-7-3-1-4-8-18/h1,3-4,7-8,11-14,16-17,21,24,32H,2,5-6,9-10,15H2,(H,33,36)(H,37,38). The molecule has 0 aliphatic heterocycles. The number of aliphatic carboxylic acids is 1. The molecule has 5 rings (SSSR count). The topological polar surface area (TPSA) is 95.7 Å². The van der Waals surface area contributed by atoms with Gasteiger partial charge in [0.1, 0.15) is 34.8 Å². The maximum absolute atomic E-state index is 14.8. The lowest BCUT2D eigenvalue weighted by Crippen LogP contribution is -2.42. The van der Waals surface area contributed by atoms with Crippen molar-refractivity contribution >= 4 is 23.3 Å². The number of carbonyl (C=O) groups is 2. The molecule has 0 saturated heterocycles. The fourth-order valence-corrected chi connectivity index (χ4v) is 4.92. The van der Waals surface area contributed by atoms with E-state index in [9.17, 15) is 23.5 Å². The number of amides is 1. The molecule has 7 nitrogen and oxygen atoms in total. The summed E-state index contributed by atoms with van der Waals surface area (Å²) in [6.45, 7) is 0. The number of rotatable bonds is 8. The molecule has 1 aliphatic carbocycles. The van der Waals surface area contributed by atoms with Crippen molar-refractivity contribution in [1.82, 2.24) is 14.7 Å². The number of hydrogen-bond donors (Lipinski definition) is 3. The molecule has 9 heteroatoms. The smallest absolute Gasteiger partial charge is 0.326 e. The van der Waals surface area contributed by atoms with E-state index in [1.54, 1.807) is 40.9 Å². The molecule has 1 fully saturated rings. The Morgan fingerprint density at radius 3 is 2.53 bits per heavy atom. The van der Waals surface area contributed by atoms with Gasteiger partial charge in [0, 0.05) is 29.8 Å². The van der Waals surface area contributed by atoms with Crippen LogP contribution in [0, 0.1) is 11.6 Å². The SMILES string of the molecule is O=C(NC(Cc1ccccc1)C(=O)O)c1ccn2c(NC3CCCCC3)c(-c3cc(F)ccc3F)nc2c1. The second kappa shape index (κ2) is 11.0. The van der Waals surface area contributed by atoms with Crippen LogP contribution in [0.25, 0.3) is 16.9 Å². The summed E-state index contributed by atoms with van der Waals surface area (Å²) in [5.74, 6) is -2.38. The molecule has 2 aromatic heterocycles. The highest BCUT2D eigenvalue weighted by atomic mass is 19.1. The summed E-state index contributed by atoms with van der Waals surface area (Å²) in [6, 6.07) is 14.4. The number of anilines is 1. The normalized spacial score (nSPS) is 14.8. The van der Waals surface area contributed by atoms with E-state index in [0.29, 0.717) is 11.5 Å². The van der Waals surface area contributed by atoms with Gasteiger partial charge in [0.05, 0.1) is 0 Å². The highest BCUT2D eigenvalue weighted by molar-refractivity contribution is 5.97. The molecule has 1 atom stereocenters. The number of halogens is 2. The van der Waals surface area contributed by atoms with Crippen LogP contribution in [0.5, 0.6) is 0 Å². The first-order valence-corrected chi connectivity index (χ1v) is 12.7. The van der Waals surface area contributed by atoms with Gasteiger partial charge in [-0.3, -0.25) is 9.20 Å². The molecule has 3 N–H and O–H groups in total. The summed E-state index contributed by atoms with van der Waals surface area (Å²) in [5.41, 5.74) is 1.61. The summed E-state index contributed by atoms with van der Waals surface area (Å²) in [4.78, 5) is 29.4. The van der Waals surface area contributed by atoms with Crippen molar-refractivity contribution in [2.24, 2.45) is 0 Å². The average Bonchev–Trinajstić information content (AvgIpc) is 3.28. The van der Waals surface area contributed by atoms with Crippen molar-refractivity contribution in [3.63, 3.8) is 0 Å². The molecule has 1 unspecified atom stereocenters. The lowest BCUT2D eigenvalue weighted by Gasteiger charge is -2.24. The number of carbonyl (C=O) groups excluding carboxylic acids is 1. The van der Waals surface area contributed by atoms with Crippen molar-refractivity contribution in [3.8, 4) is 11.3 Å². The van der Waals surface area contributed by atoms with Gasteiger partial charge in [0.25, 0.3) is 5.91 Å². The van der Waals surface area contributed by atoms with Gasteiger partial charge in [-0.05, 0) is 48.7 Å². The van der Waals surface area contributed by atoms with Crippen LogP contribution in [-0.4, -0.2) is 38.5 Å². The van der Waals surface area contributed by atoms with Crippen LogP contribution in [0.4, 0.5) is 14.6 Å². The number of aromatic nitrogens is 2. The van der Waals surface area contributed by atoms with Crippen LogP contribution < -0.4 is 10.6 Å². The lowest BCUT2D eigenvalue weighted by molar-refractivity contribution is -0.139. The Morgan fingerprint density at radius 1 is 1.03 bits per heavy atom. The Labute approximate surface area is 218 Å². The second-order valence-corrected chi connectivity index (χ2v) is 9.61. The molecule has 1 aliphatic rings. The minimum absolute atomic E-state index is 0.0202. The number of fused-ring (bicyclic) bond motifs is 1. The number of nitrogens with zero attached hydrogens (tertiary/aromatic N) is 2. The first kappa shape index (κ1) is 25.4. The lowest BCUT2D eigenvalue weighted by atomic mass is 9.95. The first-order valence-electron chi connectivity index (χ1n) is 12.7. The van der Waals surface area contributed by atoms with E-state index in [1.165, 1.54) is 6.07 Å². The Hall–Kier alpha value is -4.27. The molecule has 2 aromatic carbocycles. The predicted octanol–water partition coefficient (Wildman–Crippen LogP) is 5.45. The first-order chi connectivity index (χ1) is 18.4. The maximum atomic E-state index is 14.8. The van der Waals surface area contributed by atoms with Gasteiger partial charge in [-0.2, -0.15) is 0 Å². The van der Waals surface area contributed by atoms with Gasteiger partial charge < -0.3 is 15.7 Å². The fraction of sp³-hybridized carbons (Fsp3) is 0.276. The molecule has 0 bridgehead atoms. The van der Waals surface area contributed by atoms with Crippen molar-refractivity contribution in [3.05, 3.63) is 89.6 Å². The summed E-state index contributed by atoms with van der Waals surface area (Å²) in [5, 5.41) is 15.7. The highest BCUT2D eigenvalue weighted by Gasteiger charge is 2.24. The number of carboxylic acids is 1. The molecular formula is C29H28F2N4O3. The zero-order valence-corrected chi connectivity index (χ0v) is 20.7. The summed E-state index contributed by atoms with van der Waals surface area (Å²) >= 11 is 0. The molecule has 1 amide bonds. The number of imidazole rings is 1. The maximum Gasteiger partial charge on any atom is 0.326 e. The Morgan fingerprint density at radius 2 is 1.79 bits per heavy atom. The number of carboxylic acid groups (broad SMARTS) is 1. The number of hydrogen-bond acceptors (Lipinski definition) is 4. The largest absolute Gasteiger partial charge is 0.480 e. The van der Waals surface area contributed by atoms with Gasteiger partial charge >= 0.3 is 5.97 Å². The quantitative estimate of drug-likeness (QED) is 0.288. The third-order valence-corrected chi connectivity index (χ3v) is 6.90. The van der Waals surface area contributed by atoms with E-state index >= 15 is 0 Å².